The molecule has 0 fully saturated rings. The number of nitrogens with one attached hydrogen (secondary N) is 1. The lowest BCUT2D eigenvalue weighted by Crippen LogP contribution is -2.33. The molecule has 0 radical (unpaired) electrons. The van der Waals surface area contributed by atoms with Crippen LogP contribution in [0.3, 0.4) is 0 Å². The Hall–Kier alpha value is -1.32. The van der Waals surface area contributed by atoms with E-state index in [4.69, 9.17) is 0 Å². The van der Waals surface area contributed by atoms with Gasteiger partial charge < -0.3 is 0 Å². The highest BCUT2D eigenvalue weighted by Gasteiger charge is 2.28. The third-order valence-corrected chi connectivity index (χ3v) is 5.75. The number of halogens is 2. The minimum atomic E-state index is -3.77. The molecule has 1 aliphatic heterocycles. The van der Waals surface area contributed by atoms with E-state index in [0.717, 1.165) is 25.1 Å². The quantitative estimate of drug-likeness (QED) is 0.890. The molecule has 0 spiro atoms. The lowest BCUT2D eigenvalue weighted by Gasteiger charge is -2.23. The van der Waals surface area contributed by atoms with Gasteiger partial charge in [0.1, 0.15) is 18.0 Å². The van der Waals surface area contributed by atoms with E-state index >= 15 is 0 Å². The van der Waals surface area contributed by atoms with Gasteiger partial charge in [0.15, 0.2) is 0 Å². The lowest BCUT2D eigenvalue weighted by molar-refractivity contribution is 0.400. The van der Waals surface area contributed by atoms with Gasteiger partial charge in [0.05, 0.1) is 10.9 Å². The Morgan fingerprint density at radius 2 is 2.24 bits per heavy atom. The van der Waals surface area contributed by atoms with Crippen molar-refractivity contribution in [3.05, 3.63) is 40.6 Å². The molecule has 1 aliphatic rings. The summed E-state index contributed by atoms with van der Waals surface area (Å²) in [6, 6.07) is 3.04. The molecule has 112 valence electrons. The number of sulfonamides is 1. The summed E-state index contributed by atoms with van der Waals surface area (Å²) in [5.74, 6) is 0.0984. The van der Waals surface area contributed by atoms with E-state index in [0.29, 0.717) is 12.2 Å². The first-order chi connectivity index (χ1) is 9.97. The van der Waals surface area contributed by atoms with Crippen LogP contribution in [-0.4, -0.2) is 23.2 Å². The standard InChI is InChI=1S/C12H12BrFN4O2S/c13-9-6-8(14)3-4-11(9)21(19,20)17-10-2-1-5-18-12(10)15-7-16-18/h3-4,6-7,10,17H,1-2,5H2/t10-/m1/s1. The van der Waals surface area contributed by atoms with Gasteiger partial charge in [-0.1, -0.05) is 0 Å². The Morgan fingerprint density at radius 1 is 1.43 bits per heavy atom. The number of fused-ring (bicyclic) bond motifs is 1. The normalized spacial score (nSPS) is 18.5. The second-order valence-electron chi connectivity index (χ2n) is 4.73. The molecule has 9 heteroatoms. The summed E-state index contributed by atoms with van der Waals surface area (Å²) in [4.78, 5) is 4.11. The summed E-state index contributed by atoms with van der Waals surface area (Å²) < 4.78 is 42.5. The van der Waals surface area contributed by atoms with E-state index in [1.165, 1.54) is 12.4 Å². The number of aromatic nitrogens is 3. The van der Waals surface area contributed by atoms with Crippen LogP contribution in [0, 0.1) is 5.82 Å². The number of rotatable bonds is 3. The van der Waals surface area contributed by atoms with Gasteiger partial charge in [0.25, 0.3) is 0 Å². The third kappa shape index (κ3) is 2.85. The summed E-state index contributed by atoms with van der Waals surface area (Å²) in [5, 5.41) is 4.05. The fourth-order valence-electron chi connectivity index (χ4n) is 2.35. The molecule has 0 bridgehead atoms. The smallest absolute Gasteiger partial charge is 0.242 e. The molecule has 0 saturated carbocycles. The van der Waals surface area contributed by atoms with Crippen molar-refractivity contribution in [1.29, 1.82) is 0 Å². The second kappa shape index (κ2) is 5.47. The van der Waals surface area contributed by atoms with Crippen molar-refractivity contribution >= 4 is 26.0 Å². The zero-order valence-corrected chi connectivity index (χ0v) is 13.2. The van der Waals surface area contributed by atoms with Crippen molar-refractivity contribution in [2.24, 2.45) is 0 Å². The van der Waals surface area contributed by atoms with E-state index in [9.17, 15) is 12.8 Å². The molecule has 21 heavy (non-hydrogen) atoms. The molecule has 1 aromatic heterocycles. The van der Waals surface area contributed by atoms with Crippen molar-refractivity contribution in [1.82, 2.24) is 19.5 Å². The molecule has 3 rings (SSSR count). The van der Waals surface area contributed by atoms with E-state index in [1.807, 2.05) is 0 Å². The molecular weight excluding hydrogens is 363 g/mol. The van der Waals surface area contributed by atoms with E-state index in [2.05, 4.69) is 30.7 Å². The van der Waals surface area contributed by atoms with Gasteiger partial charge in [-0.15, -0.1) is 0 Å². The molecule has 1 atom stereocenters. The fraction of sp³-hybridized carbons (Fsp3) is 0.333. The van der Waals surface area contributed by atoms with Gasteiger partial charge in [-0.3, -0.25) is 0 Å². The Balaban J connectivity index is 1.91. The van der Waals surface area contributed by atoms with Crippen LogP contribution in [0.1, 0.15) is 24.7 Å². The van der Waals surface area contributed by atoms with Gasteiger partial charge >= 0.3 is 0 Å². The van der Waals surface area contributed by atoms with E-state index in [1.54, 1.807) is 4.68 Å². The van der Waals surface area contributed by atoms with E-state index in [-0.39, 0.29) is 9.37 Å². The van der Waals surface area contributed by atoms with Crippen LogP contribution in [0.15, 0.2) is 33.9 Å². The highest BCUT2D eigenvalue weighted by atomic mass is 79.9. The van der Waals surface area contributed by atoms with Gasteiger partial charge in [-0.05, 0) is 47.0 Å². The lowest BCUT2D eigenvalue weighted by atomic mass is 10.1. The zero-order valence-electron chi connectivity index (χ0n) is 10.8. The monoisotopic (exact) mass is 374 g/mol. The molecule has 2 aromatic rings. The average Bonchev–Trinajstić information content (AvgIpc) is 2.87. The van der Waals surface area contributed by atoms with Crippen molar-refractivity contribution in [2.75, 3.05) is 0 Å². The SMILES string of the molecule is O=S(=O)(N[C@@H]1CCCn2ncnc21)c1ccc(F)cc1Br. The van der Waals surface area contributed by atoms with Gasteiger partial charge in [-0.2, -0.15) is 5.10 Å². The summed E-state index contributed by atoms with van der Waals surface area (Å²) >= 11 is 3.08. The number of nitrogens with zero attached hydrogens (tertiary/aromatic N) is 3. The predicted octanol–water partition coefficient (Wildman–Crippen LogP) is 1.99. The molecule has 0 aliphatic carbocycles. The molecule has 6 nitrogen and oxygen atoms in total. The highest BCUT2D eigenvalue weighted by Crippen LogP contribution is 2.27. The molecule has 0 amide bonds. The molecule has 1 aromatic carbocycles. The first-order valence-corrected chi connectivity index (χ1v) is 8.60. The van der Waals surface area contributed by atoms with Crippen LogP contribution in [0.5, 0.6) is 0 Å². The molecular formula is C12H12BrFN4O2S. The number of aryl methyl sites for hydroxylation is 1. The van der Waals surface area contributed by atoms with Gasteiger partial charge in [-0.25, -0.2) is 27.2 Å². The average molecular weight is 375 g/mol. The van der Waals surface area contributed by atoms with Gasteiger partial charge in [0.2, 0.25) is 10.0 Å². The maximum Gasteiger partial charge on any atom is 0.242 e. The molecule has 1 N–H and O–H groups in total. The highest BCUT2D eigenvalue weighted by molar-refractivity contribution is 9.10. The fourth-order valence-corrected chi connectivity index (χ4v) is 4.62. The summed E-state index contributed by atoms with van der Waals surface area (Å²) in [5.41, 5.74) is 0. The number of hydrogen-bond donors (Lipinski definition) is 1. The Bertz CT molecular complexity index is 777. The summed E-state index contributed by atoms with van der Waals surface area (Å²) in [7, 11) is -3.77. The second-order valence-corrected chi connectivity index (χ2v) is 7.27. The van der Waals surface area contributed by atoms with Crippen LogP contribution < -0.4 is 4.72 Å². The molecule has 0 unspecified atom stereocenters. The zero-order chi connectivity index (χ0) is 15.0. The maximum atomic E-state index is 13.1. The Labute approximate surface area is 129 Å². The van der Waals surface area contributed by atoms with Crippen LogP contribution >= 0.6 is 15.9 Å². The summed E-state index contributed by atoms with van der Waals surface area (Å²) in [6.45, 7) is 0.730. The van der Waals surface area contributed by atoms with E-state index < -0.39 is 21.9 Å². The van der Waals surface area contributed by atoms with Crippen LogP contribution in [0.25, 0.3) is 0 Å². The van der Waals surface area contributed by atoms with Crippen LogP contribution in [0.4, 0.5) is 4.39 Å². The van der Waals surface area contributed by atoms with Gasteiger partial charge in [0, 0.05) is 11.0 Å². The first-order valence-electron chi connectivity index (χ1n) is 6.32. The Kier molecular flexibility index (Phi) is 3.80. The first kappa shape index (κ1) is 14.6. The minimum absolute atomic E-state index is 0.000499. The van der Waals surface area contributed by atoms with Crippen molar-refractivity contribution in [2.45, 2.75) is 30.3 Å². The third-order valence-electron chi connectivity index (χ3n) is 3.30. The van der Waals surface area contributed by atoms with Crippen molar-refractivity contribution in [3.8, 4) is 0 Å². The minimum Gasteiger partial charge on any atom is -0.248 e. The van der Waals surface area contributed by atoms with Crippen LogP contribution in [0.2, 0.25) is 0 Å². The summed E-state index contributed by atoms with van der Waals surface area (Å²) in [6.07, 6.45) is 2.88. The predicted molar refractivity (Wildman–Crippen MR) is 76.4 cm³/mol. The van der Waals surface area contributed by atoms with Crippen molar-refractivity contribution in [3.63, 3.8) is 0 Å². The Morgan fingerprint density at radius 3 is 3.00 bits per heavy atom. The molecule has 2 heterocycles. The maximum absolute atomic E-state index is 13.1. The van der Waals surface area contributed by atoms with Crippen LogP contribution in [-0.2, 0) is 16.6 Å². The number of hydrogen-bond acceptors (Lipinski definition) is 4. The largest absolute Gasteiger partial charge is 0.248 e. The number of benzene rings is 1. The molecule has 0 saturated heterocycles. The van der Waals surface area contributed by atoms with Crippen molar-refractivity contribution < 1.29 is 12.8 Å². The topological polar surface area (TPSA) is 76.9 Å².